The molecule has 2 aliphatic heterocycles. The molecule has 1 fully saturated rings. The van der Waals surface area contributed by atoms with E-state index in [4.69, 9.17) is 23.2 Å². The summed E-state index contributed by atoms with van der Waals surface area (Å²) in [6.07, 6.45) is 0.593. The van der Waals surface area contributed by atoms with Crippen LogP contribution in [0.2, 0.25) is 10.0 Å². The lowest BCUT2D eigenvalue weighted by atomic mass is 10.2. The van der Waals surface area contributed by atoms with Crippen LogP contribution in [-0.2, 0) is 16.4 Å². The number of carbonyl (C=O) groups is 1. The summed E-state index contributed by atoms with van der Waals surface area (Å²) in [5.41, 5.74) is 3.20. The summed E-state index contributed by atoms with van der Waals surface area (Å²) in [5, 5.41) is 4.11. The SMILES string of the molecule is O=C(Nc1ccc(Cl)cc1)N1CCc2cc(S(=O)(=O)N3CCN(c4cccc(Cl)c4)CC3)ccc21. The van der Waals surface area contributed by atoms with Crippen molar-refractivity contribution in [3.63, 3.8) is 0 Å². The summed E-state index contributed by atoms with van der Waals surface area (Å²) in [6.45, 7) is 2.44. The number of piperazine rings is 1. The Morgan fingerprint density at radius 3 is 2.29 bits per heavy atom. The molecule has 0 aliphatic carbocycles. The van der Waals surface area contributed by atoms with Crippen molar-refractivity contribution in [3.05, 3.63) is 82.3 Å². The Morgan fingerprint density at radius 1 is 0.829 bits per heavy atom. The monoisotopic (exact) mass is 530 g/mol. The molecule has 182 valence electrons. The molecule has 0 atom stereocenters. The first-order valence-corrected chi connectivity index (χ1v) is 13.5. The van der Waals surface area contributed by atoms with Crippen molar-refractivity contribution in [2.24, 2.45) is 0 Å². The number of carbonyl (C=O) groups excluding carboxylic acids is 1. The maximum absolute atomic E-state index is 13.4. The third-order valence-electron chi connectivity index (χ3n) is 6.34. The minimum absolute atomic E-state index is 0.257. The van der Waals surface area contributed by atoms with Crippen molar-refractivity contribution >= 4 is 56.3 Å². The lowest BCUT2D eigenvalue weighted by Gasteiger charge is -2.35. The van der Waals surface area contributed by atoms with Crippen LogP contribution in [0.25, 0.3) is 0 Å². The number of hydrogen-bond donors (Lipinski definition) is 1. The van der Waals surface area contributed by atoms with Crippen LogP contribution in [0, 0.1) is 0 Å². The number of benzene rings is 3. The molecule has 0 saturated carbocycles. The highest BCUT2D eigenvalue weighted by Crippen LogP contribution is 2.32. The van der Waals surface area contributed by atoms with Crippen molar-refractivity contribution in [2.75, 3.05) is 47.8 Å². The van der Waals surface area contributed by atoms with Crippen LogP contribution in [-0.4, -0.2) is 51.5 Å². The predicted octanol–water partition coefficient (Wildman–Crippen LogP) is 5.10. The Balaban J connectivity index is 1.27. The zero-order valence-electron chi connectivity index (χ0n) is 18.8. The Labute approximate surface area is 214 Å². The first-order chi connectivity index (χ1) is 16.8. The van der Waals surface area contributed by atoms with E-state index in [1.54, 1.807) is 47.4 Å². The van der Waals surface area contributed by atoms with Crippen molar-refractivity contribution < 1.29 is 13.2 Å². The number of rotatable bonds is 4. The topological polar surface area (TPSA) is 73.0 Å². The maximum Gasteiger partial charge on any atom is 0.326 e. The third-order valence-corrected chi connectivity index (χ3v) is 8.72. The molecule has 0 bridgehead atoms. The number of halogens is 2. The molecule has 7 nitrogen and oxygen atoms in total. The molecule has 0 radical (unpaired) electrons. The van der Waals surface area contributed by atoms with Crippen molar-refractivity contribution in [2.45, 2.75) is 11.3 Å². The van der Waals surface area contributed by atoms with Crippen LogP contribution < -0.4 is 15.1 Å². The van der Waals surface area contributed by atoms with Gasteiger partial charge in [-0.1, -0.05) is 29.3 Å². The van der Waals surface area contributed by atoms with Gasteiger partial charge in [0.2, 0.25) is 10.0 Å². The number of nitrogens with zero attached hydrogens (tertiary/aromatic N) is 3. The largest absolute Gasteiger partial charge is 0.369 e. The lowest BCUT2D eigenvalue weighted by Crippen LogP contribution is -2.48. The summed E-state index contributed by atoms with van der Waals surface area (Å²) < 4.78 is 28.2. The Hall–Kier alpha value is -2.78. The minimum Gasteiger partial charge on any atom is -0.369 e. The van der Waals surface area contributed by atoms with Gasteiger partial charge >= 0.3 is 6.03 Å². The molecule has 0 spiro atoms. The Kier molecular flexibility index (Phi) is 6.63. The second-order valence-corrected chi connectivity index (χ2v) is 11.3. The molecule has 0 aromatic heterocycles. The first kappa shape index (κ1) is 23.9. The van der Waals surface area contributed by atoms with Crippen LogP contribution in [0.3, 0.4) is 0 Å². The molecule has 1 saturated heterocycles. The van der Waals surface area contributed by atoms with Crippen LogP contribution >= 0.6 is 23.2 Å². The zero-order chi connectivity index (χ0) is 24.6. The number of urea groups is 1. The number of sulfonamides is 1. The van der Waals surface area contributed by atoms with E-state index in [-0.39, 0.29) is 10.9 Å². The molecule has 2 aliphatic rings. The highest BCUT2D eigenvalue weighted by molar-refractivity contribution is 7.89. The van der Waals surface area contributed by atoms with Crippen molar-refractivity contribution in [1.29, 1.82) is 0 Å². The van der Waals surface area contributed by atoms with E-state index in [9.17, 15) is 13.2 Å². The number of hydrogen-bond acceptors (Lipinski definition) is 4. The van der Waals surface area contributed by atoms with Gasteiger partial charge in [0.15, 0.2) is 0 Å². The average Bonchev–Trinajstić information content (AvgIpc) is 3.29. The summed E-state index contributed by atoms with van der Waals surface area (Å²) in [5.74, 6) is 0. The molecular formula is C25H24Cl2N4O3S. The molecule has 3 aromatic rings. The fourth-order valence-electron chi connectivity index (χ4n) is 4.48. The van der Waals surface area contributed by atoms with Gasteiger partial charge in [-0.15, -0.1) is 0 Å². The number of nitrogens with one attached hydrogen (secondary N) is 1. The van der Waals surface area contributed by atoms with Crippen LogP contribution in [0.1, 0.15) is 5.56 Å². The smallest absolute Gasteiger partial charge is 0.326 e. The average molecular weight is 531 g/mol. The van der Waals surface area contributed by atoms with E-state index < -0.39 is 10.0 Å². The number of amides is 2. The Bertz CT molecular complexity index is 1360. The molecule has 5 rings (SSSR count). The molecule has 0 unspecified atom stereocenters. The van der Waals surface area contributed by atoms with E-state index in [0.717, 1.165) is 16.9 Å². The lowest BCUT2D eigenvalue weighted by molar-refractivity contribution is 0.257. The van der Waals surface area contributed by atoms with Gasteiger partial charge in [0, 0.05) is 59.8 Å². The zero-order valence-corrected chi connectivity index (χ0v) is 21.2. The van der Waals surface area contributed by atoms with Crippen molar-refractivity contribution in [3.8, 4) is 0 Å². The van der Waals surface area contributed by atoms with E-state index in [0.29, 0.717) is 54.9 Å². The Morgan fingerprint density at radius 2 is 1.57 bits per heavy atom. The van der Waals surface area contributed by atoms with Gasteiger partial charge in [0.05, 0.1) is 4.90 Å². The van der Waals surface area contributed by atoms with Gasteiger partial charge in [-0.05, 0) is 72.6 Å². The van der Waals surface area contributed by atoms with Gasteiger partial charge in [-0.25, -0.2) is 13.2 Å². The van der Waals surface area contributed by atoms with Gasteiger partial charge in [-0.2, -0.15) is 4.31 Å². The van der Waals surface area contributed by atoms with Crippen molar-refractivity contribution in [1.82, 2.24) is 4.31 Å². The molecule has 35 heavy (non-hydrogen) atoms. The van der Waals surface area contributed by atoms with Gasteiger partial charge in [-0.3, -0.25) is 4.90 Å². The van der Waals surface area contributed by atoms with E-state index >= 15 is 0 Å². The standard InChI is InChI=1S/C25H24Cl2N4O3S/c26-19-4-6-21(7-5-19)28-25(32)31-11-10-18-16-23(8-9-24(18)31)35(33,34)30-14-12-29(13-15-30)22-3-1-2-20(27)17-22/h1-9,16-17H,10-15H2,(H,28,32). The second kappa shape index (κ2) is 9.70. The van der Waals surface area contributed by atoms with Gasteiger partial charge in [0.25, 0.3) is 0 Å². The second-order valence-electron chi connectivity index (χ2n) is 8.50. The van der Waals surface area contributed by atoms with Crippen LogP contribution in [0.5, 0.6) is 0 Å². The van der Waals surface area contributed by atoms with E-state index in [1.807, 2.05) is 24.3 Å². The summed E-state index contributed by atoms with van der Waals surface area (Å²) in [4.78, 5) is 16.8. The highest BCUT2D eigenvalue weighted by Gasteiger charge is 2.31. The van der Waals surface area contributed by atoms with Gasteiger partial charge in [0.1, 0.15) is 0 Å². The normalized spacial score (nSPS) is 16.3. The molecule has 1 N–H and O–H groups in total. The van der Waals surface area contributed by atoms with Gasteiger partial charge < -0.3 is 10.2 Å². The fraction of sp³-hybridized carbons (Fsp3) is 0.240. The number of fused-ring (bicyclic) bond motifs is 1. The first-order valence-electron chi connectivity index (χ1n) is 11.3. The molecule has 3 aromatic carbocycles. The summed E-state index contributed by atoms with van der Waals surface area (Å²) >= 11 is 12.0. The summed E-state index contributed by atoms with van der Waals surface area (Å²) in [7, 11) is -3.64. The quantitative estimate of drug-likeness (QED) is 0.509. The molecule has 10 heteroatoms. The highest BCUT2D eigenvalue weighted by atomic mass is 35.5. The predicted molar refractivity (Wildman–Crippen MR) is 140 cm³/mol. The molecule has 2 heterocycles. The molecular weight excluding hydrogens is 507 g/mol. The number of anilines is 3. The molecule has 2 amide bonds. The summed E-state index contributed by atoms with van der Waals surface area (Å²) in [6, 6.07) is 19.2. The third kappa shape index (κ3) is 4.97. The van der Waals surface area contributed by atoms with Crippen LogP contribution in [0.4, 0.5) is 21.9 Å². The fourth-order valence-corrected chi connectivity index (χ4v) is 6.27. The van der Waals surface area contributed by atoms with Crippen LogP contribution in [0.15, 0.2) is 71.6 Å². The maximum atomic E-state index is 13.4. The van der Waals surface area contributed by atoms with E-state index in [1.165, 1.54) is 4.31 Å². The minimum atomic E-state index is -3.64. The van der Waals surface area contributed by atoms with E-state index in [2.05, 4.69) is 10.2 Å².